The molecule has 0 bridgehead atoms. The number of rotatable bonds is 3. The molecule has 1 aromatic carbocycles. The number of nitrogens with one attached hydrogen (secondary N) is 1. The molecule has 2 rings (SSSR count). The van der Waals surface area contributed by atoms with Crippen LogP contribution in [0, 0.1) is 11.3 Å². The molecule has 1 aromatic rings. The van der Waals surface area contributed by atoms with Crippen molar-refractivity contribution < 1.29 is 9.31 Å². The molecule has 21 heavy (non-hydrogen) atoms. The minimum Gasteiger partial charge on any atom is -0.399 e. The van der Waals surface area contributed by atoms with Crippen LogP contribution in [0.1, 0.15) is 47.1 Å². The first-order chi connectivity index (χ1) is 9.66. The van der Waals surface area contributed by atoms with E-state index in [0.29, 0.717) is 5.56 Å². The quantitative estimate of drug-likeness (QED) is 0.868. The van der Waals surface area contributed by atoms with Crippen molar-refractivity contribution in [1.29, 1.82) is 5.26 Å². The van der Waals surface area contributed by atoms with Crippen LogP contribution in [0.15, 0.2) is 18.2 Å². The number of anilines is 1. The molecule has 0 aromatic heterocycles. The van der Waals surface area contributed by atoms with E-state index in [-0.39, 0.29) is 17.2 Å². The second kappa shape index (κ2) is 5.36. The summed E-state index contributed by atoms with van der Waals surface area (Å²) in [4.78, 5) is 0. The van der Waals surface area contributed by atoms with E-state index >= 15 is 0 Å². The van der Waals surface area contributed by atoms with Gasteiger partial charge in [-0.1, -0.05) is 6.07 Å². The lowest BCUT2D eigenvalue weighted by atomic mass is 9.78. The summed E-state index contributed by atoms with van der Waals surface area (Å²) < 4.78 is 12.1. The van der Waals surface area contributed by atoms with Crippen molar-refractivity contribution in [1.82, 2.24) is 0 Å². The predicted octanol–water partition coefficient (Wildman–Crippen LogP) is 2.68. The van der Waals surface area contributed by atoms with Gasteiger partial charge in [-0.25, -0.2) is 0 Å². The second-order valence-corrected chi connectivity index (χ2v) is 6.80. The van der Waals surface area contributed by atoms with Gasteiger partial charge in [0.05, 0.1) is 22.5 Å². The Labute approximate surface area is 127 Å². The number of nitriles is 1. The Hall–Kier alpha value is -1.51. The minimum absolute atomic E-state index is 0.255. The fraction of sp³-hybridized carbons (Fsp3) is 0.562. The van der Waals surface area contributed by atoms with Gasteiger partial charge in [-0.15, -0.1) is 0 Å². The maximum Gasteiger partial charge on any atom is 0.494 e. The molecular formula is C16H23BN2O2. The number of nitrogens with zero attached hydrogens (tertiary/aromatic N) is 1. The lowest BCUT2D eigenvalue weighted by Gasteiger charge is -2.32. The van der Waals surface area contributed by atoms with Crippen molar-refractivity contribution in [3.63, 3.8) is 0 Å². The molecule has 4 nitrogen and oxygen atoms in total. The van der Waals surface area contributed by atoms with Crippen LogP contribution in [-0.2, 0) is 9.31 Å². The van der Waals surface area contributed by atoms with Gasteiger partial charge in [-0.05, 0) is 59.1 Å². The smallest absolute Gasteiger partial charge is 0.399 e. The summed E-state index contributed by atoms with van der Waals surface area (Å²) in [6.07, 6.45) is 0. The van der Waals surface area contributed by atoms with Crippen LogP contribution in [0.3, 0.4) is 0 Å². The zero-order valence-electron chi connectivity index (χ0n) is 13.7. The fourth-order valence-electron chi connectivity index (χ4n) is 2.22. The average molecular weight is 286 g/mol. The number of benzene rings is 1. The summed E-state index contributed by atoms with van der Waals surface area (Å²) in [6.45, 7) is 12.2. The highest BCUT2D eigenvalue weighted by Gasteiger charge is 2.51. The fourth-order valence-corrected chi connectivity index (χ4v) is 2.22. The summed E-state index contributed by atoms with van der Waals surface area (Å²) in [7, 11) is -0.407. The highest BCUT2D eigenvalue weighted by Crippen LogP contribution is 2.36. The van der Waals surface area contributed by atoms with Crippen molar-refractivity contribution in [2.24, 2.45) is 0 Å². The highest BCUT2D eigenvalue weighted by atomic mass is 16.7. The van der Waals surface area contributed by atoms with Crippen LogP contribution >= 0.6 is 0 Å². The van der Waals surface area contributed by atoms with E-state index in [1.807, 2.05) is 59.7 Å². The average Bonchev–Trinajstić information content (AvgIpc) is 2.57. The summed E-state index contributed by atoms with van der Waals surface area (Å²) in [5.74, 6) is 0. The summed E-state index contributed by atoms with van der Waals surface area (Å²) in [5.41, 5.74) is 1.65. The van der Waals surface area contributed by atoms with Gasteiger partial charge in [0.2, 0.25) is 0 Å². The third-order valence-electron chi connectivity index (χ3n) is 4.13. The molecular weight excluding hydrogens is 263 g/mol. The van der Waals surface area contributed by atoms with Crippen LogP contribution in [-0.4, -0.2) is 24.4 Å². The largest absolute Gasteiger partial charge is 0.494 e. The van der Waals surface area contributed by atoms with E-state index in [9.17, 15) is 5.26 Å². The number of hydrogen-bond donors (Lipinski definition) is 1. The van der Waals surface area contributed by atoms with Gasteiger partial charge in [0.25, 0.3) is 0 Å². The topological polar surface area (TPSA) is 54.3 Å². The van der Waals surface area contributed by atoms with Crippen molar-refractivity contribution >= 4 is 18.3 Å². The first-order valence-corrected chi connectivity index (χ1v) is 7.32. The van der Waals surface area contributed by atoms with Gasteiger partial charge in [0.15, 0.2) is 0 Å². The Kier molecular flexibility index (Phi) is 4.05. The Morgan fingerprint density at radius 1 is 1.14 bits per heavy atom. The van der Waals surface area contributed by atoms with Crippen LogP contribution in [0.25, 0.3) is 0 Å². The van der Waals surface area contributed by atoms with Gasteiger partial charge in [-0.3, -0.25) is 0 Å². The van der Waals surface area contributed by atoms with Crippen molar-refractivity contribution in [3.8, 4) is 6.07 Å². The Morgan fingerprint density at radius 3 is 2.19 bits per heavy atom. The molecule has 1 heterocycles. The van der Waals surface area contributed by atoms with Gasteiger partial charge in [0, 0.05) is 6.04 Å². The maximum atomic E-state index is 9.20. The molecule has 0 spiro atoms. The molecule has 5 heteroatoms. The first-order valence-electron chi connectivity index (χ1n) is 7.32. The third kappa shape index (κ3) is 3.07. The molecule has 0 atom stereocenters. The zero-order valence-corrected chi connectivity index (χ0v) is 13.7. The third-order valence-corrected chi connectivity index (χ3v) is 4.13. The second-order valence-electron chi connectivity index (χ2n) is 6.80. The molecule has 1 N–H and O–H groups in total. The van der Waals surface area contributed by atoms with E-state index < -0.39 is 7.12 Å². The molecule has 1 fully saturated rings. The Bertz CT molecular complexity index is 560. The van der Waals surface area contributed by atoms with Crippen molar-refractivity contribution in [2.45, 2.75) is 58.8 Å². The molecule has 0 saturated carbocycles. The van der Waals surface area contributed by atoms with E-state index in [0.717, 1.165) is 11.2 Å². The number of hydrogen-bond acceptors (Lipinski definition) is 4. The molecule has 0 amide bonds. The first kappa shape index (κ1) is 15.9. The van der Waals surface area contributed by atoms with Crippen LogP contribution in [0.2, 0.25) is 0 Å². The summed E-state index contributed by atoms with van der Waals surface area (Å²) in [6, 6.07) is 8.11. The molecule has 0 radical (unpaired) electrons. The van der Waals surface area contributed by atoms with Crippen LogP contribution in [0.5, 0.6) is 0 Å². The molecule has 112 valence electrons. The van der Waals surface area contributed by atoms with Gasteiger partial charge in [0.1, 0.15) is 6.07 Å². The zero-order chi connectivity index (χ0) is 15.8. The minimum atomic E-state index is -0.407. The highest BCUT2D eigenvalue weighted by molar-refractivity contribution is 6.62. The van der Waals surface area contributed by atoms with E-state index in [2.05, 4.69) is 11.4 Å². The Balaban J connectivity index is 2.32. The van der Waals surface area contributed by atoms with E-state index in [1.54, 1.807) is 0 Å². The monoisotopic (exact) mass is 286 g/mol. The molecule has 0 aliphatic carbocycles. The SMILES string of the molecule is CC(C)Nc1cc(B2OC(C)(C)C(C)(C)O2)ccc1C#N. The Morgan fingerprint density at radius 2 is 1.71 bits per heavy atom. The van der Waals surface area contributed by atoms with Crippen LogP contribution in [0.4, 0.5) is 5.69 Å². The van der Waals surface area contributed by atoms with Gasteiger partial charge < -0.3 is 14.6 Å². The molecule has 1 aliphatic rings. The molecule has 1 aliphatic heterocycles. The standard InChI is InChI=1S/C16H23BN2O2/c1-11(2)19-14-9-13(8-7-12(14)10-18)17-20-15(3,4)16(5,6)21-17/h7-9,11,19H,1-6H3. The molecule has 0 unspecified atom stereocenters. The van der Waals surface area contributed by atoms with Crippen molar-refractivity contribution in [2.75, 3.05) is 5.32 Å². The normalized spacial score (nSPS) is 19.6. The lowest BCUT2D eigenvalue weighted by molar-refractivity contribution is 0.00578. The lowest BCUT2D eigenvalue weighted by Crippen LogP contribution is -2.41. The maximum absolute atomic E-state index is 9.20. The van der Waals surface area contributed by atoms with Gasteiger partial charge >= 0.3 is 7.12 Å². The van der Waals surface area contributed by atoms with Crippen molar-refractivity contribution in [3.05, 3.63) is 23.8 Å². The van der Waals surface area contributed by atoms with Gasteiger partial charge in [-0.2, -0.15) is 5.26 Å². The van der Waals surface area contributed by atoms with E-state index in [4.69, 9.17) is 9.31 Å². The van der Waals surface area contributed by atoms with Crippen LogP contribution < -0.4 is 10.8 Å². The predicted molar refractivity (Wildman–Crippen MR) is 85.6 cm³/mol. The summed E-state index contributed by atoms with van der Waals surface area (Å²) >= 11 is 0. The molecule has 1 saturated heterocycles. The van der Waals surface area contributed by atoms with E-state index in [1.165, 1.54) is 0 Å². The summed E-state index contributed by atoms with van der Waals surface area (Å²) in [5, 5.41) is 12.5.